The van der Waals surface area contributed by atoms with Gasteiger partial charge in [0.15, 0.2) is 5.69 Å². The molecule has 110 valence electrons. The molecule has 1 aromatic carbocycles. The van der Waals surface area contributed by atoms with E-state index in [1.54, 1.807) is 0 Å². The first-order valence-electron chi connectivity index (χ1n) is 6.62. The number of nitrogens with one attached hydrogen (secondary N) is 1. The minimum absolute atomic E-state index is 0.00338. The third kappa shape index (κ3) is 4.76. The molecule has 6 heteroatoms. The van der Waals surface area contributed by atoms with Crippen molar-refractivity contribution in [2.24, 2.45) is 0 Å². The highest BCUT2D eigenvalue weighted by Gasteiger charge is 2.17. The smallest absolute Gasteiger partial charge is 0.303 e. The molecule has 2 N–H and O–H groups in total. The number of amides is 1. The average Bonchev–Trinajstić information content (AvgIpc) is 3.00. The van der Waals surface area contributed by atoms with Crippen molar-refractivity contribution < 1.29 is 19.2 Å². The Balaban J connectivity index is 2.01. The Morgan fingerprint density at radius 2 is 2.00 bits per heavy atom. The minimum atomic E-state index is -0.885. The zero-order valence-electron chi connectivity index (χ0n) is 11.4. The van der Waals surface area contributed by atoms with E-state index in [-0.39, 0.29) is 24.1 Å². The summed E-state index contributed by atoms with van der Waals surface area (Å²) in [4.78, 5) is 22.7. The highest BCUT2D eigenvalue weighted by molar-refractivity contribution is 5.92. The molecule has 0 bridgehead atoms. The lowest BCUT2D eigenvalue weighted by molar-refractivity contribution is -0.137. The second-order valence-electron chi connectivity index (χ2n) is 4.68. The zero-order valence-corrected chi connectivity index (χ0v) is 11.4. The molecule has 21 heavy (non-hydrogen) atoms. The van der Waals surface area contributed by atoms with E-state index in [1.165, 1.54) is 12.3 Å². The number of rotatable bonds is 7. The molecule has 0 spiro atoms. The molecule has 0 aliphatic rings. The monoisotopic (exact) mass is 288 g/mol. The molecule has 0 aliphatic heterocycles. The summed E-state index contributed by atoms with van der Waals surface area (Å²) < 4.78 is 4.63. The molecule has 6 nitrogen and oxygen atoms in total. The van der Waals surface area contributed by atoms with E-state index >= 15 is 0 Å². The Kier molecular flexibility index (Phi) is 5.09. The second-order valence-corrected chi connectivity index (χ2v) is 4.68. The van der Waals surface area contributed by atoms with E-state index in [2.05, 4.69) is 15.0 Å². The summed E-state index contributed by atoms with van der Waals surface area (Å²) in [6, 6.07) is 10.8. The van der Waals surface area contributed by atoms with E-state index in [4.69, 9.17) is 5.11 Å². The Bertz CT molecular complexity index is 581. The van der Waals surface area contributed by atoms with Crippen LogP contribution in [-0.4, -0.2) is 28.2 Å². The van der Waals surface area contributed by atoms with Gasteiger partial charge >= 0.3 is 5.97 Å². The Morgan fingerprint density at radius 3 is 2.62 bits per heavy atom. The van der Waals surface area contributed by atoms with Gasteiger partial charge < -0.3 is 14.9 Å². The van der Waals surface area contributed by atoms with Gasteiger partial charge in [-0.3, -0.25) is 9.59 Å². The summed E-state index contributed by atoms with van der Waals surface area (Å²) in [6.07, 6.45) is 2.24. The zero-order chi connectivity index (χ0) is 15.1. The normalized spacial score (nSPS) is 11.8. The molecule has 2 rings (SSSR count). The van der Waals surface area contributed by atoms with Crippen molar-refractivity contribution in [3.05, 3.63) is 53.9 Å². The Morgan fingerprint density at radius 1 is 1.24 bits per heavy atom. The second kappa shape index (κ2) is 7.23. The number of aliphatic carboxylic acids is 1. The molecule has 1 heterocycles. The maximum Gasteiger partial charge on any atom is 0.303 e. The molecule has 0 aliphatic carbocycles. The van der Waals surface area contributed by atoms with E-state index in [9.17, 15) is 9.59 Å². The average molecular weight is 288 g/mol. The van der Waals surface area contributed by atoms with Crippen LogP contribution in [0.5, 0.6) is 0 Å². The number of nitrogens with zero attached hydrogens (tertiary/aromatic N) is 1. The fourth-order valence-corrected chi connectivity index (χ4v) is 2.01. The van der Waals surface area contributed by atoms with Crippen molar-refractivity contribution in [2.75, 3.05) is 0 Å². The minimum Gasteiger partial charge on any atom is -0.481 e. The molecular formula is C15H16N2O4. The van der Waals surface area contributed by atoms with Crippen LogP contribution in [0.2, 0.25) is 0 Å². The molecule has 1 aromatic heterocycles. The number of carbonyl (C=O) groups excluding carboxylic acids is 1. The molecule has 1 atom stereocenters. The number of benzene rings is 1. The molecule has 0 saturated heterocycles. The quantitative estimate of drug-likeness (QED) is 0.811. The van der Waals surface area contributed by atoms with E-state index in [0.717, 1.165) is 5.56 Å². The topological polar surface area (TPSA) is 92.4 Å². The van der Waals surface area contributed by atoms with Gasteiger partial charge in [-0.05, 0) is 18.4 Å². The van der Waals surface area contributed by atoms with Crippen LogP contribution in [0.25, 0.3) is 0 Å². The molecule has 2 aromatic rings. The first-order chi connectivity index (χ1) is 10.1. The predicted molar refractivity (Wildman–Crippen MR) is 74.8 cm³/mol. The summed E-state index contributed by atoms with van der Waals surface area (Å²) in [5, 5.41) is 15.2. The van der Waals surface area contributed by atoms with E-state index in [0.29, 0.717) is 12.8 Å². The van der Waals surface area contributed by atoms with Gasteiger partial charge in [-0.1, -0.05) is 35.5 Å². The first-order valence-corrected chi connectivity index (χ1v) is 6.62. The van der Waals surface area contributed by atoms with Gasteiger partial charge in [-0.2, -0.15) is 0 Å². The fourth-order valence-electron chi connectivity index (χ4n) is 2.01. The molecular weight excluding hydrogens is 272 g/mol. The van der Waals surface area contributed by atoms with Gasteiger partial charge in [0.25, 0.3) is 5.91 Å². The van der Waals surface area contributed by atoms with Crippen molar-refractivity contribution in [1.82, 2.24) is 10.5 Å². The van der Waals surface area contributed by atoms with Crippen LogP contribution >= 0.6 is 0 Å². The largest absolute Gasteiger partial charge is 0.481 e. The van der Waals surface area contributed by atoms with Crippen molar-refractivity contribution in [3.63, 3.8) is 0 Å². The van der Waals surface area contributed by atoms with Gasteiger partial charge in [0.1, 0.15) is 6.26 Å². The summed E-state index contributed by atoms with van der Waals surface area (Å²) in [5.41, 5.74) is 1.22. The van der Waals surface area contributed by atoms with Crippen LogP contribution in [-0.2, 0) is 11.2 Å². The maximum absolute atomic E-state index is 12.0. The SMILES string of the molecule is O=C(O)CCC(Cc1ccccc1)NC(=O)c1ccon1. The Labute approximate surface area is 121 Å². The maximum atomic E-state index is 12.0. The molecule has 0 fully saturated rings. The summed E-state index contributed by atoms with van der Waals surface area (Å²) >= 11 is 0. The third-order valence-electron chi connectivity index (χ3n) is 3.04. The summed E-state index contributed by atoms with van der Waals surface area (Å²) in [5.74, 6) is -1.25. The van der Waals surface area contributed by atoms with Crippen molar-refractivity contribution in [2.45, 2.75) is 25.3 Å². The van der Waals surface area contributed by atoms with Gasteiger partial charge in [0, 0.05) is 18.5 Å². The molecule has 0 radical (unpaired) electrons. The number of carboxylic acid groups (broad SMARTS) is 1. The lowest BCUT2D eigenvalue weighted by Crippen LogP contribution is -2.37. The van der Waals surface area contributed by atoms with Gasteiger partial charge in [0.2, 0.25) is 0 Å². The number of carboxylic acids is 1. The standard InChI is InChI=1S/C15H16N2O4/c18-14(19)7-6-12(10-11-4-2-1-3-5-11)16-15(20)13-8-9-21-17-13/h1-5,8-9,12H,6-7,10H2,(H,16,20)(H,18,19). The molecule has 1 amide bonds. The summed E-state index contributed by atoms with van der Waals surface area (Å²) in [6.45, 7) is 0. The lowest BCUT2D eigenvalue weighted by Gasteiger charge is -2.17. The van der Waals surface area contributed by atoms with Crippen LogP contribution in [0.15, 0.2) is 47.2 Å². The highest BCUT2D eigenvalue weighted by Crippen LogP contribution is 2.09. The van der Waals surface area contributed by atoms with Crippen LogP contribution in [0, 0.1) is 0 Å². The van der Waals surface area contributed by atoms with Gasteiger partial charge in [-0.25, -0.2) is 0 Å². The molecule has 1 unspecified atom stereocenters. The van der Waals surface area contributed by atoms with Gasteiger partial charge in [0.05, 0.1) is 0 Å². The number of aromatic nitrogens is 1. The Hall–Kier alpha value is -2.63. The number of hydrogen-bond acceptors (Lipinski definition) is 4. The van der Waals surface area contributed by atoms with Crippen LogP contribution in [0.4, 0.5) is 0 Å². The van der Waals surface area contributed by atoms with Crippen LogP contribution in [0.3, 0.4) is 0 Å². The molecule has 0 saturated carbocycles. The number of hydrogen-bond donors (Lipinski definition) is 2. The van der Waals surface area contributed by atoms with Crippen LogP contribution in [0.1, 0.15) is 28.9 Å². The first kappa shape index (κ1) is 14.8. The van der Waals surface area contributed by atoms with Gasteiger partial charge in [-0.15, -0.1) is 0 Å². The lowest BCUT2D eigenvalue weighted by atomic mass is 10.0. The number of carbonyl (C=O) groups is 2. The highest BCUT2D eigenvalue weighted by atomic mass is 16.5. The predicted octanol–water partition coefficient (Wildman–Crippen LogP) is 1.88. The summed E-state index contributed by atoms with van der Waals surface area (Å²) in [7, 11) is 0. The third-order valence-corrected chi connectivity index (χ3v) is 3.04. The van der Waals surface area contributed by atoms with Crippen molar-refractivity contribution >= 4 is 11.9 Å². The van der Waals surface area contributed by atoms with Crippen molar-refractivity contribution in [3.8, 4) is 0 Å². The van der Waals surface area contributed by atoms with E-state index in [1.807, 2.05) is 30.3 Å². The van der Waals surface area contributed by atoms with Crippen LogP contribution < -0.4 is 5.32 Å². The van der Waals surface area contributed by atoms with Crippen molar-refractivity contribution in [1.29, 1.82) is 0 Å². The van der Waals surface area contributed by atoms with E-state index < -0.39 is 5.97 Å². The fraction of sp³-hybridized carbons (Fsp3) is 0.267.